The summed E-state index contributed by atoms with van der Waals surface area (Å²) >= 11 is 7.84. The molecule has 2 aromatic heterocycles. The summed E-state index contributed by atoms with van der Waals surface area (Å²) in [5, 5.41) is 1.47. The number of aryl methyl sites for hydroxylation is 2. The highest BCUT2D eigenvalue weighted by Gasteiger charge is 2.16. The van der Waals surface area contributed by atoms with Gasteiger partial charge in [-0.1, -0.05) is 29.4 Å². The Bertz CT molecular complexity index is 929. The normalized spacial score (nSPS) is 10.9. The van der Waals surface area contributed by atoms with Gasteiger partial charge in [0.1, 0.15) is 6.33 Å². The number of aromatic nitrogens is 4. The van der Waals surface area contributed by atoms with Crippen LogP contribution >= 0.6 is 23.4 Å². The number of rotatable bonds is 5. The van der Waals surface area contributed by atoms with Crippen molar-refractivity contribution in [2.45, 2.75) is 36.4 Å². The molecule has 0 bridgehead atoms. The molecule has 7 heteroatoms. The number of terminal acetylenes is 1. The molecule has 2 N–H and O–H groups in total. The summed E-state index contributed by atoms with van der Waals surface area (Å²) in [4.78, 5) is 13.9. The van der Waals surface area contributed by atoms with E-state index >= 15 is 0 Å². The van der Waals surface area contributed by atoms with Crippen LogP contribution in [0.3, 0.4) is 0 Å². The minimum Gasteiger partial charge on any atom is -0.382 e. The number of hydrogen-bond acceptors (Lipinski definition) is 5. The van der Waals surface area contributed by atoms with Crippen LogP contribution < -0.4 is 5.73 Å². The Hall–Kier alpha value is -2.23. The van der Waals surface area contributed by atoms with Gasteiger partial charge in [-0.05, 0) is 31.0 Å². The van der Waals surface area contributed by atoms with Crippen LogP contribution in [0.1, 0.15) is 18.4 Å². The van der Waals surface area contributed by atoms with Crippen LogP contribution in [0.4, 0.5) is 5.82 Å². The standard InChI is InChI=1S/C17H16ClN5S/c1-3-4-5-8-23-16-14(15(19)20-10-21-16)22-17(23)24-13-7-6-11(2)9-12(13)18/h1,6-7,9-10H,4-5,8H2,2H3,(H2,19,20,21). The third-order valence-corrected chi connectivity index (χ3v) is 5.01. The monoisotopic (exact) mass is 357 g/mol. The van der Waals surface area contributed by atoms with Gasteiger partial charge in [-0.3, -0.25) is 0 Å². The van der Waals surface area contributed by atoms with Gasteiger partial charge < -0.3 is 10.3 Å². The molecule has 0 saturated carbocycles. The van der Waals surface area contributed by atoms with E-state index in [-0.39, 0.29) is 0 Å². The zero-order chi connectivity index (χ0) is 17.1. The van der Waals surface area contributed by atoms with E-state index in [9.17, 15) is 0 Å². The summed E-state index contributed by atoms with van der Waals surface area (Å²) in [6.45, 7) is 2.72. The van der Waals surface area contributed by atoms with E-state index in [4.69, 9.17) is 23.8 Å². The highest BCUT2D eigenvalue weighted by atomic mass is 35.5. The molecule has 0 radical (unpaired) electrons. The van der Waals surface area contributed by atoms with Crippen LogP contribution in [-0.4, -0.2) is 19.5 Å². The van der Waals surface area contributed by atoms with Crippen molar-refractivity contribution in [2.24, 2.45) is 0 Å². The Morgan fingerprint density at radius 2 is 2.21 bits per heavy atom. The molecule has 3 rings (SSSR count). The maximum absolute atomic E-state index is 6.35. The fraction of sp³-hybridized carbons (Fsp3) is 0.235. The van der Waals surface area contributed by atoms with Gasteiger partial charge in [-0.25, -0.2) is 15.0 Å². The second-order valence-electron chi connectivity index (χ2n) is 5.32. The van der Waals surface area contributed by atoms with Crippen LogP contribution in [0.15, 0.2) is 34.6 Å². The smallest absolute Gasteiger partial charge is 0.175 e. The van der Waals surface area contributed by atoms with Crippen LogP contribution in [-0.2, 0) is 6.54 Å². The van der Waals surface area contributed by atoms with Crippen molar-refractivity contribution in [3.05, 3.63) is 35.1 Å². The van der Waals surface area contributed by atoms with Gasteiger partial charge in [-0.2, -0.15) is 0 Å². The summed E-state index contributed by atoms with van der Waals surface area (Å²) in [6, 6.07) is 5.94. The van der Waals surface area contributed by atoms with E-state index in [1.807, 2.05) is 29.7 Å². The first-order valence-corrected chi connectivity index (χ1v) is 8.63. The van der Waals surface area contributed by atoms with Crippen LogP contribution in [0.5, 0.6) is 0 Å². The van der Waals surface area contributed by atoms with Crippen LogP contribution in [0.2, 0.25) is 5.02 Å². The number of fused-ring (bicyclic) bond motifs is 1. The van der Waals surface area contributed by atoms with E-state index in [1.54, 1.807) is 0 Å². The largest absolute Gasteiger partial charge is 0.382 e. The summed E-state index contributed by atoms with van der Waals surface area (Å²) in [5.74, 6) is 3.02. The van der Waals surface area contributed by atoms with Gasteiger partial charge in [0.15, 0.2) is 22.1 Å². The Morgan fingerprint density at radius 1 is 1.38 bits per heavy atom. The predicted octanol–water partition coefficient (Wildman–Crippen LogP) is 3.93. The molecular weight excluding hydrogens is 342 g/mol. The summed E-state index contributed by atoms with van der Waals surface area (Å²) < 4.78 is 2.02. The molecule has 122 valence electrons. The third kappa shape index (κ3) is 3.32. The number of nitrogens with zero attached hydrogens (tertiary/aromatic N) is 4. The molecular formula is C17H16ClN5S. The quantitative estimate of drug-likeness (QED) is 0.553. The highest BCUT2D eigenvalue weighted by Crippen LogP contribution is 2.35. The second-order valence-corrected chi connectivity index (χ2v) is 6.74. The lowest BCUT2D eigenvalue weighted by Crippen LogP contribution is -2.01. The predicted molar refractivity (Wildman–Crippen MR) is 98.1 cm³/mol. The second kappa shape index (κ2) is 7.12. The molecule has 0 unspecified atom stereocenters. The highest BCUT2D eigenvalue weighted by molar-refractivity contribution is 7.99. The number of halogens is 1. The number of benzene rings is 1. The Balaban J connectivity index is 2.03. The molecule has 5 nitrogen and oxygen atoms in total. The molecule has 0 aliphatic carbocycles. The van der Waals surface area contributed by atoms with Crippen molar-refractivity contribution in [3.63, 3.8) is 0 Å². The van der Waals surface area contributed by atoms with Crippen molar-refractivity contribution in [1.82, 2.24) is 19.5 Å². The summed E-state index contributed by atoms with van der Waals surface area (Å²) in [5.41, 5.74) is 8.37. The minimum absolute atomic E-state index is 0.368. The fourth-order valence-electron chi connectivity index (χ4n) is 2.34. The van der Waals surface area contributed by atoms with Gasteiger partial charge in [0.2, 0.25) is 0 Å². The molecule has 2 heterocycles. The van der Waals surface area contributed by atoms with Gasteiger partial charge in [-0.15, -0.1) is 12.3 Å². The number of nitrogen functional groups attached to an aromatic ring is 1. The van der Waals surface area contributed by atoms with Crippen molar-refractivity contribution >= 4 is 40.3 Å². The van der Waals surface area contributed by atoms with Crippen molar-refractivity contribution in [2.75, 3.05) is 5.73 Å². The first-order chi connectivity index (χ1) is 11.6. The van der Waals surface area contributed by atoms with Gasteiger partial charge in [0, 0.05) is 17.9 Å². The van der Waals surface area contributed by atoms with E-state index < -0.39 is 0 Å². The van der Waals surface area contributed by atoms with Crippen LogP contribution in [0, 0.1) is 19.3 Å². The third-order valence-electron chi connectivity index (χ3n) is 3.52. The van der Waals surface area contributed by atoms with E-state index in [0.29, 0.717) is 35.0 Å². The molecule has 0 aliphatic heterocycles. The molecule has 0 fully saturated rings. The lowest BCUT2D eigenvalue weighted by atomic mass is 10.2. The van der Waals surface area contributed by atoms with Crippen molar-refractivity contribution in [1.29, 1.82) is 0 Å². The molecule has 3 aromatic rings. The van der Waals surface area contributed by atoms with Gasteiger partial charge >= 0.3 is 0 Å². The molecule has 0 amide bonds. The lowest BCUT2D eigenvalue weighted by Gasteiger charge is -2.08. The Kier molecular flexibility index (Phi) is 4.93. The first kappa shape index (κ1) is 16.6. The molecule has 1 aromatic carbocycles. The molecule has 0 aliphatic rings. The van der Waals surface area contributed by atoms with Gasteiger partial charge in [0.25, 0.3) is 0 Å². The minimum atomic E-state index is 0.368. The number of anilines is 1. The van der Waals surface area contributed by atoms with E-state index in [1.165, 1.54) is 18.1 Å². The number of unbranched alkanes of at least 4 members (excludes halogenated alkanes) is 1. The first-order valence-electron chi connectivity index (χ1n) is 7.44. The van der Waals surface area contributed by atoms with Crippen molar-refractivity contribution in [3.8, 4) is 12.3 Å². The summed E-state index contributed by atoms with van der Waals surface area (Å²) in [7, 11) is 0. The topological polar surface area (TPSA) is 69.6 Å². The average Bonchev–Trinajstić information content (AvgIpc) is 2.90. The molecule has 0 spiro atoms. The maximum atomic E-state index is 6.35. The number of hydrogen-bond donors (Lipinski definition) is 1. The Morgan fingerprint density at radius 3 is 2.96 bits per heavy atom. The zero-order valence-corrected chi connectivity index (χ0v) is 14.7. The van der Waals surface area contributed by atoms with Crippen molar-refractivity contribution < 1.29 is 0 Å². The molecule has 0 atom stereocenters. The van der Waals surface area contributed by atoms with Crippen LogP contribution in [0.25, 0.3) is 11.2 Å². The lowest BCUT2D eigenvalue weighted by molar-refractivity contribution is 0.615. The summed E-state index contributed by atoms with van der Waals surface area (Å²) in [6.07, 6.45) is 8.33. The number of imidazole rings is 1. The van der Waals surface area contributed by atoms with E-state index in [0.717, 1.165) is 22.0 Å². The number of nitrogens with two attached hydrogens (primary N) is 1. The van der Waals surface area contributed by atoms with E-state index in [2.05, 4.69) is 20.9 Å². The SMILES string of the molecule is C#CCCCn1c(Sc2ccc(C)cc2Cl)nc2c(N)ncnc21. The maximum Gasteiger partial charge on any atom is 0.175 e. The van der Waals surface area contributed by atoms with Gasteiger partial charge in [0.05, 0.1) is 5.02 Å². The zero-order valence-electron chi connectivity index (χ0n) is 13.2. The fourth-order valence-corrected chi connectivity index (χ4v) is 3.60. The average molecular weight is 358 g/mol. The Labute approximate surface area is 149 Å². The molecule has 24 heavy (non-hydrogen) atoms. The molecule has 0 saturated heterocycles.